The minimum atomic E-state index is 0. The maximum atomic E-state index is 0. The van der Waals surface area contributed by atoms with E-state index in [2.05, 4.69) is 0 Å². The molecule has 0 fully saturated rings. The third kappa shape index (κ3) is 3820. The molecule has 0 heterocycles. The van der Waals surface area contributed by atoms with Gasteiger partial charge in [-0.3, -0.25) is 0 Å². The van der Waals surface area contributed by atoms with E-state index in [4.69, 9.17) is 0 Å². The molecule has 0 amide bonds. The van der Waals surface area contributed by atoms with E-state index in [1.807, 2.05) is 0 Å². The maximum Gasteiger partial charge on any atom is -0.344 e. The maximum absolute atomic E-state index is 0. The molecule has 0 aromatic heterocycles. The lowest BCUT2D eigenvalue weighted by atomic mass is 14.0. The molecule has 0 aliphatic heterocycles. The molecule has 13 nitrogen and oxygen atoms in total. The summed E-state index contributed by atoms with van der Waals surface area (Å²) in [4.78, 5) is 0. The van der Waals surface area contributed by atoms with Crippen molar-refractivity contribution < 1.29 is 54.8 Å². The summed E-state index contributed by atoms with van der Waals surface area (Å²) in [6.45, 7) is 0. The molecule has 0 atom stereocenters. The van der Waals surface area contributed by atoms with Crippen LogP contribution in [0.1, 0.15) is 0 Å². The molecule has 0 unspecified atom stereocenters. The monoisotopic (exact) mass is 231 g/mol. The van der Waals surface area contributed by atoms with E-state index in [9.17, 15) is 0 Å². The van der Waals surface area contributed by atoms with Crippen LogP contribution in [0.3, 0.4) is 0 Å². The second-order valence-corrected chi connectivity index (χ2v) is 0. The molecule has 0 saturated carbocycles. The Morgan fingerprint density at radius 1 is 0.154 bits per heavy atom. The molecule has 0 spiro atoms. The SMILES string of the molecule is N.N.N.O.O.O.O.O.O.O.O.O.O. The molecule has 0 aromatic rings. The summed E-state index contributed by atoms with van der Waals surface area (Å²) in [5.41, 5.74) is 0. The first-order valence-electron chi connectivity index (χ1n) is 0. The van der Waals surface area contributed by atoms with E-state index >= 15 is 0 Å². The van der Waals surface area contributed by atoms with E-state index in [0.29, 0.717) is 0 Å². The van der Waals surface area contributed by atoms with Crippen LogP contribution in [0.4, 0.5) is 0 Å². The minimum absolute atomic E-state index is 0. The molecule has 0 radical (unpaired) electrons. The molecule has 29 N–H and O–H groups in total. The highest BCUT2D eigenvalue weighted by molar-refractivity contribution is 2.14. The lowest BCUT2D eigenvalue weighted by Crippen LogP contribution is -0.482. The summed E-state index contributed by atoms with van der Waals surface area (Å²) in [6.07, 6.45) is 0. The topological polar surface area (TPSA) is 420 Å². The second kappa shape index (κ2) is 4660. The molecule has 13 heavy (non-hydrogen) atoms. The molecule has 0 bridgehead atoms. The number of hydrogen-bond acceptors (Lipinski definition) is 3. The van der Waals surface area contributed by atoms with Gasteiger partial charge in [-0.25, -0.2) is 0 Å². The van der Waals surface area contributed by atoms with Crippen molar-refractivity contribution in [1.82, 2.24) is 18.5 Å². The molecule has 13 heteroatoms. The summed E-state index contributed by atoms with van der Waals surface area (Å²) in [7, 11) is 0. The van der Waals surface area contributed by atoms with E-state index in [1.165, 1.54) is 0 Å². The van der Waals surface area contributed by atoms with Gasteiger partial charge in [0.05, 0.1) is 0 Å². The van der Waals surface area contributed by atoms with Crippen LogP contribution >= 0.6 is 0 Å². The normalized spacial score (nSPS) is 0. The highest BCUT2D eigenvalue weighted by Crippen LogP contribution is -0.280. The van der Waals surface area contributed by atoms with Gasteiger partial charge >= 0.3 is 0 Å². The molecule has 0 rings (SSSR count). The number of rotatable bonds is 0. The molecule has 0 aliphatic rings. The van der Waals surface area contributed by atoms with Crippen LogP contribution in [0, 0.1) is 0 Å². The van der Waals surface area contributed by atoms with E-state index in [0.717, 1.165) is 0 Å². The molecule has 0 saturated heterocycles. The smallest absolute Gasteiger partial charge is 0.344 e. The lowest BCUT2D eigenvalue weighted by Gasteiger charge is -0.413. The Labute approximate surface area is 74.6 Å². The van der Waals surface area contributed by atoms with Crippen molar-refractivity contribution in [2.75, 3.05) is 0 Å². The number of hydrogen-bond donors (Lipinski definition) is 3. The van der Waals surface area contributed by atoms with Gasteiger partial charge in [-0.15, -0.1) is 0 Å². The van der Waals surface area contributed by atoms with Crippen molar-refractivity contribution in [2.45, 2.75) is 0 Å². The largest absolute Gasteiger partial charge is 0.412 e. The Morgan fingerprint density at radius 3 is 0.154 bits per heavy atom. The van der Waals surface area contributed by atoms with Gasteiger partial charge in [0.1, 0.15) is 0 Å². The lowest BCUT2D eigenvalue weighted by molar-refractivity contribution is 0.823. The zero-order chi connectivity index (χ0) is 0. The summed E-state index contributed by atoms with van der Waals surface area (Å²) >= 11 is 0. The fourth-order valence-corrected chi connectivity index (χ4v) is 0. The Balaban J connectivity index is 0. The van der Waals surface area contributed by atoms with Gasteiger partial charge in [-0.1, -0.05) is 0 Å². The zero-order valence-electron chi connectivity index (χ0n) is 7.12. The highest BCUT2D eigenvalue weighted by Gasteiger charge is -0.341. The van der Waals surface area contributed by atoms with Gasteiger partial charge in [0.15, 0.2) is 0 Å². The van der Waals surface area contributed by atoms with Crippen molar-refractivity contribution in [2.24, 2.45) is 0 Å². The third-order valence-corrected chi connectivity index (χ3v) is 0. The fourth-order valence-electron chi connectivity index (χ4n) is 0. The van der Waals surface area contributed by atoms with Crippen molar-refractivity contribution in [1.29, 1.82) is 0 Å². The minimum Gasteiger partial charge on any atom is -0.412 e. The highest BCUT2D eigenvalue weighted by atomic mass is 16.0. The van der Waals surface area contributed by atoms with Gasteiger partial charge in [0, 0.05) is 0 Å². The van der Waals surface area contributed by atoms with Crippen molar-refractivity contribution in [3.05, 3.63) is 0 Å². The van der Waals surface area contributed by atoms with Crippen LogP contribution in [0.15, 0.2) is 0 Å². The molecule has 104 valence electrons. The van der Waals surface area contributed by atoms with Crippen LogP contribution < -0.4 is 18.5 Å². The van der Waals surface area contributed by atoms with Crippen LogP contribution in [0.2, 0.25) is 0 Å². The van der Waals surface area contributed by atoms with Gasteiger partial charge in [0.2, 0.25) is 0 Å². The Morgan fingerprint density at radius 2 is 0.154 bits per heavy atom. The molecule has 0 aromatic carbocycles. The van der Waals surface area contributed by atoms with E-state index < -0.39 is 0 Å². The quantitative estimate of drug-likeness (QED) is 0.365. The average Bonchev–Trinajstić information content (AvgIpc) is 0. The summed E-state index contributed by atoms with van der Waals surface area (Å²) in [5, 5.41) is 0. The second-order valence-electron chi connectivity index (χ2n) is 0. The molecular weight excluding hydrogens is 202 g/mol. The van der Waals surface area contributed by atoms with Gasteiger partial charge in [-0.05, 0) is 0 Å². The Bertz CT molecular complexity index is 10.1. The first-order chi connectivity index (χ1) is 0. The van der Waals surface area contributed by atoms with Gasteiger partial charge in [0.25, 0.3) is 0 Å². The van der Waals surface area contributed by atoms with Gasteiger partial charge < -0.3 is 73.2 Å². The third-order valence-electron chi connectivity index (χ3n) is 0. The molecule has 0 aliphatic carbocycles. The molecular formula is H29N3O10. The Kier molecular flexibility index (Phi) is 2180000. The first kappa shape index (κ1) is 6080. The summed E-state index contributed by atoms with van der Waals surface area (Å²) < 4.78 is 0. The average molecular weight is 231 g/mol. The van der Waals surface area contributed by atoms with Crippen LogP contribution in [0.25, 0.3) is 0 Å². The summed E-state index contributed by atoms with van der Waals surface area (Å²) in [5.74, 6) is 0. The van der Waals surface area contributed by atoms with Crippen molar-refractivity contribution in [3.63, 3.8) is 0 Å². The van der Waals surface area contributed by atoms with Gasteiger partial charge in [-0.2, -0.15) is 0 Å². The standard InChI is InChI=1S/3H3N.10H2O/h3*1H3;10*1H2. The van der Waals surface area contributed by atoms with Crippen LogP contribution in [0.5, 0.6) is 0 Å². The van der Waals surface area contributed by atoms with E-state index in [1.54, 1.807) is 0 Å². The van der Waals surface area contributed by atoms with Crippen LogP contribution in [-0.4, -0.2) is 54.8 Å². The summed E-state index contributed by atoms with van der Waals surface area (Å²) in [6, 6.07) is 0. The predicted octanol–water partition coefficient (Wildman–Crippen LogP) is -7.76. The van der Waals surface area contributed by atoms with Crippen molar-refractivity contribution in [3.8, 4) is 0 Å². The fraction of sp³-hybridized carbons (Fsp3) is 0. The van der Waals surface area contributed by atoms with Crippen molar-refractivity contribution >= 4 is 0 Å². The van der Waals surface area contributed by atoms with E-state index in [-0.39, 0.29) is 73.2 Å². The van der Waals surface area contributed by atoms with Crippen LogP contribution in [-0.2, 0) is 0 Å². The zero-order valence-corrected chi connectivity index (χ0v) is 7.12. The first-order valence-corrected chi connectivity index (χ1v) is 0. The Hall–Kier alpha value is -0.520. The predicted molar refractivity (Wildman–Crippen MR) is 51.2 cm³/mol.